The second-order valence-electron chi connectivity index (χ2n) is 11.6. The number of nitrogens with zero attached hydrogens (tertiary/aromatic N) is 3. The van der Waals surface area contributed by atoms with Crippen LogP contribution in [0, 0.1) is 11.7 Å². The third kappa shape index (κ3) is 3.53. The average Bonchev–Trinajstić information content (AvgIpc) is 3.62. The molecule has 1 spiro atoms. The highest BCUT2D eigenvalue weighted by atomic mass is 35.5. The Morgan fingerprint density at radius 2 is 1.98 bits per heavy atom. The van der Waals surface area contributed by atoms with Crippen LogP contribution in [0.3, 0.4) is 0 Å². The maximum atomic E-state index is 16.2. The van der Waals surface area contributed by atoms with Gasteiger partial charge < -0.3 is 15.2 Å². The zero-order chi connectivity index (χ0) is 28.9. The third-order valence-electron chi connectivity index (χ3n) is 9.33. The van der Waals surface area contributed by atoms with Gasteiger partial charge in [-0.3, -0.25) is 9.69 Å². The van der Waals surface area contributed by atoms with Gasteiger partial charge in [-0.2, -0.15) is 5.10 Å². The molecule has 4 atom stereocenters. The number of aromatic nitrogens is 2. The van der Waals surface area contributed by atoms with E-state index in [-0.39, 0.29) is 22.5 Å². The molecule has 8 rings (SSSR count). The van der Waals surface area contributed by atoms with E-state index in [1.54, 1.807) is 35.0 Å². The summed E-state index contributed by atoms with van der Waals surface area (Å²) in [5.41, 5.74) is 0.931. The Morgan fingerprint density at radius 3 is 2.76 bits per heavy atom. The molecule has 3 aliphatic heterocycles. The van der Waals surface area contributed by atoms with Gasteiger partial charge >= 0.3 is 5.97 Å². The van der Waals surface area contributed by atoms with Crippen LogP contribution in [-0.4, -0.2) is 50.9 Å². The number of rotatable bonds is 4. The van der Waals surface area contributed by atoms with Crippen molar-refractivity contribution in [3.05, 3.63) is 87.2 Å². The molecule has 1 aromatic heterocycles. The first kappa shape index (κ1) is 26.0. The first-order chi connectivity index (χ1) is 20.3. The number of carboxylic acid groups (broad SMARTS) is 1. The normalized spacial score (nSPS) is 26.5. The fourth-order valence-corrected chi connectivity index (χ4v) is 7.83. The fraction of sp³-hybridized carbons (Fsp3) is 0.323. The number of anilines is 1. The standard InChI is InChI=1S/C31H25Cl2FN4O4/c32-17-7-9-20-23(13-17)35-30(41)31(20)25(19-2-1-3-21(33)26(19)34)27-24(37(31)14-15-4-5-15)10-11-42-28-18-8-6-16(29(39)40)12-22(18)36-38(27)28/h1-3,6-9,12-13,15,24-25,27H,4-5,10-11,14H2,(H,35,41)(H,39,40)/t24-,25-,27+,31+/m0/s1. The van der Waals surface area contributed by atoms with Gasteiger partial charge in [0, 0.05) is 34.8 Å². The monoisotopic (exact) mass is 606 g/mol. The van der Waals surface area contributed by atoms with E-state index >= 15 is 4.39 Å². The molecule has 4 aromatic rings. The summed E-state index contributed by atoms with van der Waals surface area (Å²) in [6.45, 7) is 0.994. The molecule has 1 saturated carbocycles. The Bertz CT molecular complexity index is 1820. The van der Waals surface area contributed by atoms with E-state index in [0.717, 1.165) is 18.4 Å². The molecule has 11 heteroatoms. The van der Waals surface area contributed by atoms with Crippen LogP contribution in [0.15, 0.2) is 54.6 Å². The minimum atomic E-state index is -1.28. The maximum Gasteiger partial charge on any atom is 0.335 e. The highest BCUT2D eigenvalue weighted by molar-refractivity contribution is 6.31. The molecule has 1 saturated heterocycles. The predicted octanol–water partition coefficient (Wildman–Crippen LogP) is 6.23. The molecule has 1 amide bonds. The molecular formula is C31H25Cl2FN4O4. The second-order valence-corrected chi connectivity index (χ2v) is 12.5. The van der Waals surface area contributed by atoms with Crippen molar-refractivity contribution < 1.29 is 23.8 Å². The zero-order valence-electron chi connectivity index (χ0n) is 22.2. The van der Waals surface area contributed by atoms with Crippen molar-refractivity contribution in [2.24, 2.45) is 5.92 Å². The summed E-state index contributed by atoms with van der Waals surface area (Å²) in [7, 11) is 0. The molecule has 0 unspecified atom stereocenters. The highest BCUT2D eigenvalue weighted by Gasteiger charge is 2.68. The van der Waals surface area contributed by atoms with Crippen LogP contribution in [0.1, 0.15) is 52.7 Å². The zero-order valence-corrected chi connectivity index (χ0v) is 23.7. The number of carbonyl (C=O) groups excluding carboxylic acids is 1. The number of amides is 1. The molecule has 8 nitrogen and oxygen atoms in total. The molecule has 2 fully saturated rings. The topological polar surface area (TPSA) is 96.7 Å². The van der Waals surface area contributed by atoms with Crippen molar-refractivity contribution >= 4 is 51.7 Å². The largest absolute Gasteiger partial charge is 0.478 e. The minimum Gasteiger partial charge on any atom is -0.478 e. The van der Waals surface area contributed by atoms with E-state index < -0.39 is 29.3 Å². The fourth-order valence-electron chi connectivity index (χ4n) is 7.47. The van der Waals surface area contributed by atoms with Crippen LogP contribution in [0.5, 0.6) is 5.88 Å². The van der Waals surface area contributed by atoms with Crippen molar-refractivity contribution in [1.82, 2.24) is 14.7 Å². The maximum absolute atomic E-state index is 16.2. The molecule has 1 aliphatic carbocycles. The van der Waals surface area contributed by atoms with Crippen LogP contribution >= 0.6 is 23.2 Å². The summed E-state index contributed by atoms with van der Waals surface area (Å²) >= 11 is 12.8. The molecule has 4 aliphatic rings. The summed E-state index contributed by atoms with van der Waals surface area (Å²) in [5, 5.41) is 18.7. The summed E-state index contributed by atoms with van der Waals surface area (Å²) in [4.78, 5) is 28.5. The summed E-state index contributed by atoms with van der Waals surface area (Å²) in [6, 6.07) is 14.2. The Kier molecular flexibility index (Phi) is 5.68. The average molecular weight is 607 g/mol. The lowest BCUT2D eigenvalue weighted by atomic mass is 9.73. The van der Waals surface area contributed by atoms with Gasteiger partial charge in [0.2, 0.25) is 11.8 Å². The van der Waals surface area contributed by atoms with Crippen molar-refractivity contribution in [2.75, 3.05) is 18.5 Å². The van der Waals surface area contributed by atoms with Crippen LogP contribution in [0.25, 0.3) is 10.9 Å². The van der Waals surface area contributed by atoms with E-state index in [2.05, 4.69) is 10.2 Å². The Hall–Kier alpha value is -3.66. The number of hydrogen-bond donors (Lipinski definition) is 2. The van der Waals surface area contributed by atoms with E-state index in [9.17, 15) is 14.7 Å². The molecular weight excluding hydrogens is 582 g/mol. The molecule has 214 valence electrons. The minimum absolute atomic E-state index is 0.0311. The third-order valence-corrected chi connectivity index (χ3v) is 9.85. The molecule has 2 N–H and O–H groups in total. The quantitative estimate of drug-likeness (QED) is 0.286. The Morgan fingerprint density at radius 1 is 1.14 bits per heavy atom. The first-order valence-electron chi connectivity index (χ1n) is 14.0. The number of halogens is 3. The Labute approximate surface area is 250 Å². The highest BCUT2D eigenvalue weighted by Crippen LogP contribution is 2.63. The molecule has 0 bridgehead atoms. The van der Waals surface area contributed by atoms with Crippen molar-refractivity contribution in [1.29, 1.82) is 0 Å². The number of benzene rings is 3. The SMILES string of the molecule is O=C(O)c1ccc2c3n(nc2c1)[C@@H]1[C@H](CCO3)N(CC2CC2)[C@@]2(C(=O)Nc3cc(Cl)ccc32)[C@H]1c1cccc(Cl)c1F. The number of carboxylic acids is 1. The van der Waals surface area contributed by atoms with Crippen LogP contribution in [0.2, 0.25) is 10.0 Å². The number of hydrogen-bond acceptors (Lipinski definition) is 5. The van der Waals surface area contributed by atoms with Crippen molar-refractivity contribution in [2.45, 2.75) is 42.8 Å². The second kappa shape index (κ2) is 9.17. The number of aromatic carboxylic acids is 1. The number of carbonyl (C=O) groups is 2. The summed E-state index contributed by atoms with van der Waals surface area (Å²) < 4.78 is 24.3. The van der Waals surface area contributed by atoms with E-state index in [0.29, 0.717) is 58.5 Å². The van der Waals surface area contributed by atoms with Crippen molar-refractivity contribution in [3.63, 3.8) is 0 Å². The van der Waals surface area contributed by atoms with Gasteiger partial charge in [-0.05, 0) is 67.1 Å². The lowest BCUT2D eigenvalue weighted by Gasteiger charge is -2.40. The lowest BCUT2D eigenvalue weighted by Crippen LogP contribution is -2.53. The molecule has 4 heterocycles. The van der Waals surface area contributed by atoms with Gasteiger partial charge in [0.25, 0.3) is 0 Å². The predicted molar refractivity (Wildman–Crippen MR) is 155 cm³/mol. The number of likely N-dealkylation sites (tertiary alicyclic amines) is 1. The smallest absolute Gasteiger partial charge is 0.335 e. The van der Waals surface area contributed by atoms with E-state index in [1.165, 1.54) is 18.2 Å². The van der Waals surface area contributed by atoms with Gasteiger partial charge in [-0.1, -0.05) is 41.4 Å². The van der Waals surface area contributed by atoms with E-state index in [1.807, 2.05) is 6.07 Å². The molecule has 42 heavy (non-hydrogen) atoms. The van der Waals surface area contributed by atoms with Gasteiger partial charge in [-0.25, -0.2) is 13.9 Å². The van der Waals surface area contributed by atoms with Crippen LogP contribution in [0.4, 0.5) is 10.1 Å². The van der Waals surface area contributed by atoms with Gasteiger partial charge in [0.15, 0.2) is 0 Å². The lowest BCUT2D eigenvalue weighted by molar-refractivity contribution is -0.128. The molecule has 3 aromatic carbocycles. The van der Waals surface area contributed by atoms with Crippen LogP contribution < -0.4 is 10.1 Å². The van der Waals surface area contributed by atoms with E-state index in [4.69, 9.17) is 33.0 Å². The van der Waals surface area contributed by atoms with Crippen molar-refractivity contribution in [3.8, 4) is 5.88 Å². The first-order valence-corrected chi connectivity index (χ1v) is 14.7. The number of ether oxygens (including phenoxy) is 1. The van der Waals surface area contributed by atoms with Gasteiger partial charge in [0.05, 0.1) is 34.1 Å². The van der Waals surface area contributed by atoms with Gasteiger partial charge in [0.1, 0.15) is 11.4 Å². The van der Waals surface area contributed by atoms with Crippen LogP contribution in [-0.2, 0) is 10.3 Å². The summed E-state index contributed by atoms with van der Waals surface area (Å²) in [5.74, 6) is -1.76. The number of nitrogens with one attached hydrogen (secondary N) is 1. The molecule has 0 radical (unpaired) electrons. The van der Waals surface area contributed by atoms with Gasteiger partial charge in [-0.15, -0.1) is 0 Å². The summed E-state index contributed by atoms with van der Waals surface area (Å²) in [6.07, 6.45) is 2.69. The Balaban J connectivity index is 1.44. The number of fused-ring (bicyclic) bond motifs is 7.